The number of hydrogen-bond donors (Lipinski definition) is 3. The van der Waals surface area contributed by atoms with Crippen LogP contribution in [0.25, 0.3) is 0 Å². The lowest BCUT2D eigenvalue weighted by molar-refractivity contribution is -0.136. The second-order valence-corrected chi connectivity index (χ2v) is 6.20. The Morgan fingerprint density at radius 2 is 1.87 bits per heavy atom. The first-order valence-electron chi connectivity index (χ1n) is 7.37. The van der Waals surface area contributed by atoms with Crippen molar-refractivity contribution in [2.24, 2.45) is 5.92 Å². The van der Waals surface area contributed by atoms with Crippen LogP contribution in [0.2, 0.25) is 0 Å². The van der Waals surface area contributed by atoms with Crippen molar-refractivity contribution in [3.05, 3.63) is 29.8 Å². The maximum Gasteiger partial charge on any atom is 0.313 e. The standard InChI is InChI=1S/C16H22F2N2O3/c1-10(2)6-7-16(3,23)9-19-14(21)15(22)20-11-4-5-12(17)13(18)8-11/h4-5,8,10,23H,6-7,9H2,1-3H3,(H,19,21)(H,20,22). The Balaban J connectivity index is 2.50. The molecular weight excluding hydrogens is 306 g/mol. The molecule has 0 spiro atoms. The number of nitrogens with one attached hydrogen (secondary N) is 2. The first-order chi connectivity index (χ1) is 10.6. The number of carbonyl (C=O) groups excluding carboxylic acids is 2. The van der Waals surface area contributed by atoms with Gasteiger partial charge in [-0.2, -0.15) is 0 Å². The van der Waals surface area contributed by atoms with Crippen LogP contribution in [0.3, 0.4) is 0 Å². The first kappa shape index (κ1) is 19.0. The highest BCUT2D eigenvalue weighted by Gasteiger charge is 2.23. The average Bonchev–Trinajstić information content (AvgIpc) is 2.46. The molecule has 0 saturated heterocycles. The van der Waals surface area contributed by atoms with Gasteiger partial charge in [-0.05, 0) is 37.8 Å². The summed E-state index contributed by atoms with van der Waals surface area (Å²) in [5.74, 6) is -3.74. The first-order valence-corrected chi connectivity index (χ1v) is 7.37. The highest BCUT2D eigenvalue weighted by molar-refractivity contribution is 6.39. The fourth-order valence-corrected chi connectivity index (χ4v) is 1.80. The van der Waals surface area contributed by atoms with Crippen molar-refractivity contribution in [3.8, 4) is 0 Å². The Morgan fingerprint density at radius 1 is 1.22 bits per heavy atom. The minimum absolute atomic E-state index is 0.0318. The molecule has 0 aromatic heterocycles. The molecule has 1 unspecified atom stereocenters. The summed E-state index contributed by atoms with van der Waals surface area (Å²) in [7, 11) is 0. The summed E-state index contributed by atoms with van der Waals surface area (Å²) in [6.45, 7) is 5.53. The average molecular weight is 328 g/mol. The normalized spacial score (nSPS) is 13.5. The Morgan fingerprint density at radius 3 is 2.43 bits per heavy atom. The van der Waals surface area contributed by atoms with Crippen LogP contribution in [-0.2, 0) is 9.59 Å². The summed E-state index contributed by atoms with van der Waals surface area (Å²) in [4.78, 5) is 23.4. The van der Waals surface area contributed by atoms with E-state index < -0.39 is 29.0 Å². The molecule has 0 radical (unpaired) electrons. The highest BCUT2D eigenvalue weighted by Crippen LogP contribution is 2.16. The fourth-order valence-electron chi connectivity index (χ4n) is 1.80. The van der Waals surface area contributed by atoms with Crippen molar-refractivity contribution in [3.63, 3.8) is 0 Å². The number of aliphatic hydroxyl groups is 1. The molecular formula is C16H22F2N2O3. The van der Waals surface area contributed by atoms with E-state index in [2.05, 4.69) is 10.6 Å². The van der Waals surface area contributed by atoms with Crippen molar-refractivity contribution < 1.29 is 23.5 Å². The SMILES string of the molecule is CC(C)CCC(C)(O)CNC(=O)C(=O)Nc1ccc(F)c(F)c1. The van der Waals surface area contributed by atoms with Gasteiger partial charge in [-0.15, -0.1) is 0 Å². The van der Waals surface area contributed by atoms with Gasteiger partial charge < -0.3 is 15.7 Å². The second-order valence-electron chi connectivity index (χ2n) is 6.20. The third-order valence-corrected chi connectivity index (χ3v) is 3.27. The molecule has 0 bridgehead atoms. The van der Waals surface area contributed by atoms with Gasteiger partial charge in [0, 0.05) is 18.3 Å². The van der Waals surface area contributed by atoms with Crippen LogP contribution in [0.5, 0.6) is 0 Å². The Labute approximate surface area is 134 Å². The van der Waals surface area contributed by atoms with Crippen LogP contribution in [0.4, 0.5) is 14.5 Å². The van der Waals surface area contributed by atoms with E-state index in [1.165, 1.54) is 0 Å². The number of halogens is 2. The minimum atomic E-state index is -1.13. The van der Waals surface area contributed by atoms with Crippen LogP contribution in [0.15, 0.2) is 18.2 Å². The Bertz CT molecular complexity index is 574. The summed E-state index contributed by atoms with van der Waals surface area (Å²) < 4.78 is 25.8. The van der Waals surface area contributed by atoms with Crippen LogP contribution >= 0.6 is 0 Å². The molecule has 1 rings (SSSR count). The predicted molar refractivity (Wildman–Crippen MR) is 82.7 cm³/mol. The van der Waals surface area contributed by atoms with E-state index in [9.17, 15) is 23.5 Å². The van der Waals surface area contributed by atoms with Crippen LogP contribution < -0.4 is 10.6 Å². The second kappa shape index (κ2) is 8.01. The van der Waals surface area contributed by atoms with E-state index in [0.717, 1.165) is 24.6 Å². The summed E-state index contributed by atoms with van der Waals surface area (Å²) in [5.41, 5.74) is -1.15. The van der Waals surface area contributed by atoms with E-state index >= 15 is 0 Å². The lowest BCUT2D eigenvalue weighted by atomic mass is 9.95. The molecule has 0 aliphatic rings. The molecule has 0 aliphatic carbocycles. The molecule has 0 aliphatic heterocycles. The van der Waals surface area contributed by atoms with Gasteiger partial charge in [0.1, 0.15) is 0 Å². The third kappa shape index (κ3) is 6.73. The van der Waals surface area contributed by atoms with E-state index in [1.54, 1.807) is 6.92 Å². The van der Waals surface area contributed by atoms with Crippen molar-refractivity contribution in [2.45, 2.75) is 39.2 Å². The lowest BCUT2D eigenvalue weighted by Gasteiger charge is -2.24. The summed E-state index contributed by atoms with van der Waals surface area (Å²) in [6, 6.07) is 2.77. The van der Waals surface area contributed by atoms with E-state index in [1.807, 2.05) is 13.8 Å². The van der Waals surface area contributed by atoms with Gasteiger partial charge in [-0.1, -0.05) is 13.8 Å². The van der Waals surface area contributed by atoms with Gasteiger partial charge in [0.25, 0.3) is 0 Å². The van der Waals surface area contributed by atoms with Crippen molar-refractivity contribution in [2.75, 3.05) is 11.9 Å². The quantitative estimate of drug-likeness (QED) is 0.701. The molecule has 0 heterocycles. The number of hydrogen-bond acceptors (Lipinski definition) is 3. The van der Waals surface area contributed by atoms with Gasteiger partial charge in [0.05, 0.1) is 5.60 Å². The minimum Gasteiger partial charge on any atom is -0.388 e. The zero-order valence-electron chi connectivity index (χ0n) is 13.5. The Kier molecular flexibility index (Phi) is 6.62. The molecule has 3 N–H and O–H groups in total. The zero-order valence-corrected chi connectivity index (χ0v) is 13.5. The molecule has 5 nitrogen and oxygen atoms in total. The molecule has 2 amide bonds. The fraction of sp³-hybridized carbons (Fsp3) is 0.500. The topological polar surface area (TPSA) is 78.4 Å². The highest BCUT2D eigenvalue weighted by atomic mass is 19.2. The van der Waals surface area contributed by atoms with Crippen molar-refractivity contribution in [1.82, 2.24) is 5.32 Å². The van der Waals surface area contributed by atoms with Crippen LogP contribution in [0.1, 0.15) is 33.6 Å². The largest absolute Gasteiger partial charge is 0.388 e. The van der Waals surface area contributed by atoms with Crippen LogP contribution in [0, 0.1) is 17.6 Å². The smallest absolute Gasteiger partial charge is 0.313 e. The maximum atomic E-state index is 13.0. The molecule has 0 saturated carbocycles. The number of anilines is 1. The molecule has 0 fully saturated rings. The van der Waals surface area contributed by atoms with Crippen molar-refractivity contribution >= 4 is 17.5 Å². The molecule has 1 atom stereocenters. The van der Waals surface area contributed by atoms with E-state index in [-0.39, 0.29) is 12.2 Å². The van der Waals surface area contributed by atoms with E-state index in [4.69, 9.17) is 0 Å². The van der Waals surface area contributed by atoms with Gasteiger partial charge >= 0.3 is 11.8 Å². The predicted octanol–water partition coefficient (Wildman–Crippen LogP) is 2.21. The molecule has 1 aromatic rings. The summed E-state index contributed by atoms with van der Waals surface area (Å²) in [6.07, 6.45) is 1.26. The number of benzene rings is 1. The number of amides is 2. The summed E-state index contributed by atoms with van der Waals surface area (Å²) >= 11 is 0. The molecule has 128 valence electrons. The van der Waals surface area contributed by atoms with Gasteiger partial charge in [0.15, 0.2) is 11.6 Å². The molecule has 23 heavy (non-hydrogen) atoms. The number of carbonyl (C=O) groups is 2. The zero-order chi connectivity index (χ0) is 17.6. The van der Waals surface area contributed by atoms with Gasteiger partial charge in [-0.3, -0.25) is 9.59 Å². The van der Waals surface area contributed by atoms with Gasteiger partial charge in [-0.25, -0.2) is 8.78 Å². The molecule has 1 aromatic carbocycles. The Hall–Kier alpha value is -2.02. The molecule has 7 heteroatoms. The van der Waals surface area contributed by atoms with Crippen molar-refractivity contribution in [1.29, 1.82) is 0 Å². The van der Waals surface area contributed by atoms with E-state index in [0.29, 0.717) is 12.3 Å². The summed E-state index contributed by atoms with van der Waals surface area (Å²) in [5, 5.41) is 14.6. The number of rotatable bonds is 6. The van der Waals surface area contributed by atoms with Crippen LogP contribution in [-0.4, -0.2) is 29.1 Å². The monoisotopic (exact) mass is 328 g/mol. The maximum absolute atomic E-state index is 13.0. The third-order valence-electron chi connectivity index (χ3n) is 3.27. The lowest BCUT2D eigenvalue weighted by Crippen LogP contribution is -2.44. The van der Waals surface area contributed by atoms with Gasteiger partial charge in [0.2, 0.25) is 0 Å².